The quantitative estimate of drug-likeness (QED) is 0.242. The van der Waals surface area contributed by atoms with Gasteiger partial charge in [-0.05, 0) is 75.2 Å². The lowest BCUT2D eigenvalue weighted by atomic mass is 9.81. The van der Waals surface area contributed by atoms with Crippen LogP contribution >= 0.6 is 0 Å². The lowest BCUT2D eigenvalue weighted by Crippen LogP contribution is -2.48. The predicted molar refractivity (Wildman–Crippen MR) is 170 cm³/mol. The zero-order valence-electron chi connectivity index (χ0n) is 25.7. The van der Waals surface area contributed by atoms with Gasteiger partial charge in [-0.3, -0.25) is 14.6 Å². The number of ether oxygens (including phenoxy) is 2. The molecule has 1 aliphatic carbocycles. The fourth-order valence-corrected chi connectivity index (χ4v) is 6.13. The van der Waals surface area contributed by atoms with Crippen LogP contribution in [0.15, 0.2) is 60.8 Å². The van der Waals surface area contributed by atoms with Crippen LogP contribution in [0.2, 0.25) is 0 Å². The number of carbonyl (C=O) groups is 2. The predicted octanol–water partition coefficient (Wildman–Crippen LogP) is 5.43. The number of nitrogens with one attached hydrogen (secondary N) is 2. The fraction of sp³-hybridized carbons (Fsp3) is 0.371. The van der Waals surface area contributed by atoms with Crippen molar-refractivity contribution in [3.05, 3.63) is 83.4 Å². The molecule has 1 saturated carbocycles. The van der Waals surface area contributed by atoms with E-state index in [4.69, 9.17) is 14.5 Å². The van der Waals surface area contributed by atoms with Crippen LogP contribution in [0.25, 0.3) is 22.2 Å². The maximum absolute atomic E-state index is 13.9. The second-order valence-electron chi connectivity index (χ2n) is 12.4. The molecule has 10 heteroatoms. The highest BCUT2D eigenvalue weighted by molar-refractivity contribution is 6.00. The van der Waals surface area contributed by atoms with Crippen molar-refractivity contribution in [1.82, 2.24) is 20.6 Å². The Morgan fingerprint density at radius 2 is 1.91 bits per heavy atom. The number of fused-ring (bicyclic) bond motifs is 2. The summed E-state index contributed by atoms with van der Waals surface area (Å²) in [5, 5.41) is 18.5. The maximum atomic E-state index is 13.9. The Morgan fingerprint density at radius 3 is 2.64 bits per heavy atom. The number of amides is 2. The molecule has 1 fully saturated rings. The molecular formula is C35H39FN4O5. The number of aliphatic hydroxyl groups is 1. The third kappa shape index (κ3) is 5.94. The van der Waals surface area contributed by atoms with Gasteiger partial charge in [0.05, 0.1) is 19.3 Å². The Balaban J connectivity index is 0.00000417. The highest BCUT2D eigenvalue weighted by atomic mass is 19.1. The summed E-state index contributed by atoms with van der Waals surface area (Å²) < 4.78 is 25.4. The molecule has 0 bridgehead atoms. The van der Waals surface area contributed by atoms with E-state index >= 15 is 0 Å². The van der Waals surface area contributed by atoms with Gasteiger partial charge in [-0.15, -0.1) is 0 Å². The van der Waals surface area contributed by atoms with Gasteiger partial charge in [-0.2, -0.15) is 0 Å². The van der Waals surface area contributed by atoms with E-state index in [0.29, 0.717) is 39.4 Å². The fourth-order valence-electron chi connectivity index (χ4n) is 6.13. The Bertz CT molecular complexity index is 1760. The van der Waals surface area contributed by atoms with Crippen molar-refractivity contribution in [3.8, 4) is 22.8 Å². The molecule has 0 unspecified atom stereocenters. The molecule has 4 aromatic rings. The van der Waals surface area contributed by atoms with E-state index in [1.54, 1.807) is 49.5 Å². The number of rotatable bonds is 8. The molecule has 3 N–H and O–H groups in total. The molecule has 9 nitrogen and oxygen atoms in total. The monoisotopic (exact) mass is 614 g/mol. The van der Waals surface area contributed by atoms with Crippen LogP contribution in [0.1, 0.15) is 69.0 Å². The van der Waals surface area contributed by atoms with E-state index in [9.17, 15) is 19.1 Å². The first-order valence-corrected chi connectivity index (χ1v) is 15.3. The molecule has 0 spiro atoms. The Kier molecular flexibility index (Phi) is 8.18. The Labute approximate surface area is 262 Å². The van der Waals surface area contributed by atoms with Gasteiger partial charge in [-0.1, -0.05) is 25.3 Å². The lowest BCUT2D eigenvalue weighted by Gasteiger charge is -2.29. The van der Waals surface area contributed by atoms with Crippen LogP contribution in [0.3, 0.4) is 0 Å². The van der Waals surface area contributed by atoms with Crippen molar-refractivity contribution >= 4 is 22.7 Å². The van der Waals surface area contributed by atoms with Crippen LogP contribution in [0.4, 0.5) is 4.39 Å². The summed E-state index contributed by atoms with van der Waals surface area (Å²) in [4.78, 5) is 36.2. The first kappa shape index (κ1) is 30.5. The van der Waals surface area contributed by atoms with E-state index < -0.39 is 22.7 Å². The van der Waals surface area contributed by atoms with E-state index in [-0.39, 0.29) is 32.2 Å². The largest absolute Gasteiger partial charge is 0.494 e. The van der Waals surface area contributed by atoms with Crippen molar-refractivity contribution in [1.29, 1.82) is 0 Å². The molecule has 3 heterocycles. The third-order valence-corrected chi connectivity index (χ3v) is 8.93. The summed E-state index contributed by atoms with van der Waals surface area (Å²) in [5.74, 6) is -0.0920. The first-order chi connectivity index (χ1) is 21.6. The molecule has 2 aromatic heterocycles. The van der Waals surface area contributed by atoms with Crippen molar-refractivity contribution < 1.29 is 30.0 Å². The number of methoxy groups -OCH3 is 1. The molecule has 2 aromatic carbocycles. The number of hydrogen-bond donors (Lipinski definition) is 3. The van der Waals surface area contributed by atoms with Gasteiger partial charge in [0.1, 0.15) is 46.1 Å². The normalized spacial score (nSPS) is 19.3. The zero-order chi connectivity index (χ0) is 31.8. The Morgan fingerprint density at radius 1 is 1.16 bits per heavy atom. The molecule has 0 radical (unpaired) electrons. The number of aromatic nitrogens is 2. The van der Waals surface area contributed by atoms with Gasteiger partial charge >= 0.3 is 0 Å². The molecular weight excluding hydrogens is 575 g/mol. The van der Waals surface area contributed by atoms with Crippen molar-refractivity contribution in [2.45, 2.75) is 63.0 Å². The number of hydrogen-bond acceptors (Lipinski definition) is 7. The lowest BCUT2D eigenvalue weighted by molar-refractivity contribution is -0.127. The van der Waals surface area contributed by atoms with Crippen LogP contribution in [-0.4, -0.2) is 53.2 Å². The molecule has 2 amide bonds. The van der Waals surface area contributed by atoms with Crippen molar-refractivity contribution in [3.63, 3.8) is 0 Å². The zero-order valence-corrected chi connectivity index (χ0v) is 25.7. The molecule has 1 aliphatic heterocycles. The van der Waals surface area contributed by atoms with Gasteiger partial charge in [0.2, 0.25) is 5.91 Å². The molecule has 236 valence electrons. The molecule has 6 rings (SSSR count). The minimum atomic E-state index is -1.65. The van der Waals surface area contributed by atoms with Crippen LogP contribution in [0.5, 0.6) is 11.5 Å². The second kappa shape index (κ2) is 12.1. The SMILES string of the molecule is COc1cc(C(=O)NC[C@](C)(O)c2cc3c(c(-c4ccc(F)cc4)n2)OC[C@]3(C)C(=O)NC2CCCCC2)cc2cccnc12.[HH]. The average Bonchev–Trinajstić information content (AvgIpc) is 3.41. The highest BCUT2D eigenvalue weighted by Crippen LogP contribution is 2.46. The van der Waals surface area contributed by atoms with E-state index in [0.717, 1.165) is 31.1 Å². The number of halogens is 1. The van der Waals surface area contributed by atoms with E-state index in [1.165, 1.54) is 25.7 Å². The van der Waals surface area contributed by atoms with Crippen LogP contribution in [-0.2, 0) is 15.8 Å². The highest BCUT2D eigenvalue weighted by Gasteiger charge is 2.46. The summed E-state index contributed by atoms with van der Waals surface area (Å²) in [6, 6.07) is 14.5. The maximum Gasteiger partial charge on any atom is 0.251 e. The molecule has 2 aliphatic rings. The smallest absolute Gasteiger partial charge is 0.251 e. The Hall–Kier alpha value is -4.57. The van der Waals surface area contributed by atoms with Gasteiger partial charge in [0, 0.05) is 35.7 Å². The average molecular weight is 615 g/mol. The van der Waals surface area contributed by atoms with Gasteiger partial charge in [0.15, 0.2) is 0 Å². The van der Waals surface area contributed by atoms with Crippen molar-refractivity contribution in [2.75, 3.05) is 20.3 Å². The summed E-state index contributed by atoms with van der Waals surface area (Å²) in [6.07, 6.45) is 6.85. The summed E-state index contributed by atoms with van der Waals surface area (Å²) in [6.45, 7) is 3.29. The number of pyridine rings is 2. The van der Waals surface area contributed by atoms with Crippen molar-refractivity contribution in [2.24, 2.45) is 0 Å². The standard InChI is InChI=1S/C35H37FN4O5.H2/c1-34(33(42)39-25-9-5-4-6-10-25)20-45-31-26(34)18-28(40-30(31)21-11-13-24(36)14-12-21)35(2,43)19-38-32(41)23-16-22-8-7-15-37-29(22)27(17-23)44-3;/h7-8,11-18,25,43H,4-6,9-10,19-20H2,1-3H3,(H,38,41)(H,39,42);1H/t34-,35-;/m0./s1. The molecule has 0 saturated heterocycles. The number of nitrogens with zero attached hydrogens (tertiary/aromatic N) is 2. The molecule has 2 atom stereocenters. The van der Waals surface area contributed by atoms with Gasteiger partial charge in [-0.25, -0.2) is 9.37 Å². The minimum absolute atomic E-state index is 0. The number of carbonyl (C=O) groups excluding carboxylic acids is 2. The van der Waals surface area contributed by atoms with Crippen LogP contribution in [0, 0.1) is 5.82 Å². The van der Waals surface area contributed by atoms with E-state index in [2.05, 4.69) is 15.6 Å². The van der Waals surface area contributed by atoms with Gasteiger partial charge < -0.3 is 25.2 Å². The second-order valence-corrected chi connectivity index (χ2v) is 12.4. The summed E-state index contributed by atoms with van der Waals surface area (Å²) in [5.41, 5.74) is 0.0639. The summed E-state index contributed by atoms with van der Waals surface area (Å²) in [7, 11) is 1.51. The van der Waals surface area contributed by atoms with E-state index in [1.807, 2.05) is 13.0 Å². The first-order valence-electron chi connectivity index (χ1n) is 15.3. The minimum Gasteiger partial charge on any atom is -0.494 e. The van der Waals surface area contributed by atoms with Crippen LogP contribution < -0.4 is 20.1 Å². The van der Waals surface area contributed by atoms with Gasteiger partial charge in [0.25, 0.3) is 5.91 Å². The molecule has 45 heavy (non-hydrogen) atoms. The third-order valence-electron chi connectivity index (χ3n) is 8.93. The number of benzene rings is 2. The summed E-state index contributed by atoms with van der Waals surface area (Å²) >= 11 is 0. The topological polar surface area (TPSA) is 123 Å².